The van der Waals surface area contributed by atoms with Gasteiger partial charge in [-0.3, -0.25) is 10.1 Å². The van der Waals surface area contributed by atoms with Crippen LogP contribution >= 0.6 is 23.8 Å². The fourth-order valence-electron chi connectivity index (χ4n) is 3.64. The van der Waals surface area contributed by atoms with Gasteiger partial charge in [0.25, 0.3) is 5.91 Å². The smallest absolute Gasteiger partial charge is 0.257 e. The zero-order valence-corrected chi connectivity index (χ0v) is 22.3. The molecule has 0 spiro atoms. The van der Waals surface area contributed by atoms with Crippen LogP contribution in [0.3, 0.4) is 0 Å². The summed E-state index contributed by atoms with van der Waals surface area (Å²) in [7, 11) is 5.99. The lowest BCUT2D eigenvalue weighted by Gasteiger charge is -2.15. The summed E-state index contributed by atoms with van der Waals surface area (Å²) in [6, 6.07) is 12.0. The quantitative estimate of drug-likeness (QED) is 0.326. The molecule has 4 rings (SSSR count). The molecule has 3 aromatic carbocycles. The second-order valence-electron chi connectivity index (χ2n) is 7.79. The van der Waals surface area contributed by atoms with Crippen LogP contribution in [0.4, 0.5) is 5.69 Å². The number of benzene rings is 3. The van der Waals surface area contributed by atoms with Gasteiger partial charge in [0.15, 0.2) is 16.6 Å². The number of rotatable bonds is 7. The number of halogens is 1. The summed E-state index contributed by atoms with van der Waals surface area (Å²) in [5.41, 5.74) is 3.80. The molecule has 1 heterocycles. The van der Waals surface area contributed by atoms with Crippen LogP contribution in [0.25, 0.3) is 16.7 Å². The highest BCUT2D eigenvalue weighted by Gasteiger charge is 2.18. The van der Waals surface area contributed by atoms with E-state index in [-0.39, 0.29) is 10.7 Å². The van der Waals surface area contributed by atoms with Crippen molar-refractivity contribution in [3.63, 3.8) is 0 Å². The first-order chi connectivity index (χ1) is 17.8. The Labute approximate surface area is 223 Å². The number of amides is 1. The number of anilines is 1. The van der Waals surface area contributed by atoms with E-state index in [2.05, 4.69) is 20.8 Å². The maximum absolute atomic E-state index is 12.9. The molecule has 0 saturated carbocycles. The molecule has 1 aromatic heterocycles. The molecule has 0 fully saturated rings. The van der Waals surface area contributed by atoms with Gasteiger partial charge in [-0.05, 0) is 67.2 Å². The summed E-state index contributed by atoms with van der Waals surface area (Å²) in [5, 5.41) is 15.4. The van der Waals surface area contributed by atoms with E-state index in [1.165, 1.54) is 26.1 Å². The van der Waals surface area contributed by atoms with Crippen molar-refractivity contribution in [2.45, 2.75) is 6.92 Å². The molecule has 12 heteroatoms. The number of fused-ring (bicyclic) bond motifs is 1. The normalized spacial score (nSPS) is 10.6. The van der Waals surface area contributed by atoms with E-state index in [0.29, 0.717) is 50.4 Å². The van der Waals surface area contributed by atoms with Crippen LogP contribution in [0.5, 0.6) is 23.0 Å². The average molecular weight is 542 g/mol. The van der Waals surface area contributed by atoms with Crippen molar-refractivity contribution in [3.05, 3.63) is 58.6 Å². The van der Waals surface area contributed by atoms with E-state index in [0.717, 1.165) is 5.56 Å². The zero-order valence-electron chi connectivity index (χ0n) is 20.7. The average Bonchev–Trinajstić information content (AvgIpc) is 3.30. The lowest BCUT2D eigenvalue weighted by Crippen LogP contribution is -2.34. The van der Waals surface area contributed by atoms with Crippen molar-refractivity contribution in [2.24, 2.45) is 0 Å². The van der Waals surface area contributed by atoms with E-state index < -0.39 is 5.91 Å². The number of methoxy groups -OCH3 is 4. The predicted molar refractivity (Wildman–Crippen MR) is 145 cm³/mol. The number of carbonyl (C=O) groups is 1. The monoisotopic (exact) mass is 541 g/mol. The number of carbonyl (C=O) groups excluding carboxylic acids is 1. The van der Waals surface area contributed by atoms with E-state index in [1.807, 2.05) is 19.1 Å². The Balaban J connectivity index is 1.54. The molecule has 0 aliphatic heterocycles. The van der Waals surface area contributed by atoms with E-state index in [1.54, 1.807) is 37.4 Å². The largest absolute Gasteiger partial charge is 0.495 e. The molecule has 10 nitrogen and oxygen atoms in total. The molecule has 0 bridgehead atoms. The number of hydrogen-bond acceptors (Lipinski definition) is 8. The second-order valence-corrected chi connectivity index (χ2v) is 8.60. The van der Waals surface area contributed by atoms with Crippen LogP contribution in [0.1, 0.15) is 15.9 Å². The van der Waals surface area contributed by atoms with Gasteiger partial charge in [0.1, 0.15) is 16.8 Å². The molecule has 2 N–H and O–H groups in total. The minimum atomic E-state index is -0.446. The molecular weight excluding hydrogens is 518 g/mol. The molecule has 0 unspecified atom stereocenters. The van der Waals surface area contributed by atoms with Gasteiger partial charge >= 0.3 is 0 Å². The molecule has 0 aliphatic rings. The second kappa shape index (κ2) is 10.9. The van der Waals surface area contributed by atoms with E-state index >= 15 is 0 Å². The molecule has 37 heavy (non-hydrogen) atoms. The highest BCUT2D eigenvalue weighted by Crippen LogP contribution is 2.38. The van der Waals surface area contributed by atoms with Crippen LogP contribution in [0.15, 0.2) is 42.5 Å². The van der Waals surface area contributed by atoms with Crippen molar-refractivity contribution < 1.29 is 23.7 Å². The maximum Gasteiger partial charge on any atom is 0.257 e. The number of aromatic nitrogens is 3. The molecule has 1 amide bonds. The Morgan fingerprint density at radius 3 is 2.08 bits per heavy atom. The Morgan fingerprint density at radius 1 is 0.892 bits per heavy atom. The third-order valence-electron chi connectivity index (χ3n) is 5.49. The van der Waals surface area contributed by atoms with Gasteiger partial charge in [0.2, 0.25) is 5.75 Å². The van der Waals surface area contributed by atoms with Crippen molar-refractivity contribution in [2.75, 3.05) is 33.8 Å². The van der Waals surface area contributed by atoms with Gasteiger partial charge in [-0.2, -0.15) is 4.80 Å². The summed E-state index contributed by atoms with van der Waals surface area (Å²) in [6.07, 6.45) is 0. The topological polar surface area (TPSA) is 109 Å². The SMILES string of the molecule is COc1ccc(-n2nc3cc(C)c(NC(=S)NC(=O)c4cc(OC)c(OC)c(OC)c4)cc3n2)cc1Cl. The molecular formula is C25H24ClN5O5S. The number of thiocarbonyl (C=S) groups is 1. The van der Waals surface area contributed by atoms with Crippen molar-refractivity contribution in [3.8, 4) is 28.7 Å². The molecule has 0 aliphatic carbocycles. The zero-order chi connectivity index (χ0) is 26.7. The number of nitrogens with zero attached hydrogens (tertiary/aromatic N) is 3. The number of ether oxygens (including phenoxy) is 4. The van der Waals surface area contributed by atoms with Crippen LogP contribution in [-0.4, -0.2) is 54.5 Å². The van der Waals surface area contributed by atoms with Gasteiger partial charge in [-0.15, -0.1) is 10.2 Å². The summed E-state index contributed by atoms with van der Waals surface area (Å²) >= 11 is 11.6. The van der Waals surface area contributed by atoms with Crippen LogP contribution in [0.2, 0.25) is 5.02 Å². The summed E-state index contributed by atoms with van der Waals surface area (Å²) in [5.74, 6) is 1.21. The molecule has 0 saturated heterocycles. The Kier molecular flexibility index (Phi) is 7.65. The van der Waals surface area contributed by atoms with Crippen LogP contribution in [-0.2, 0) is 0 Å². The van der Waals surface area contributed by atoms with Crippen molar-refractivity contribution in [1.29, 1.82) is 0 Å². The summed E-state index contributed by atoms with van der Waals surface area (Å²) < 4.78 is 21.1. The molecule has 192 valence electrons. The highest BCUT2D eigenvalue weighted by molar-refractivity contribution is 7.80. The first-order valence-corrected chi connectivity index (χ1v) is 11.7. The lowest BCUT2D eigenvalue weighted by atomic mass is 10.1. The Hall–Kier alpha value is -4.09. The maximum atomic E-state index is 12.9. The standard InChI is InChI=1S/C25H24ClN5O5S/c1-13-8-18-19(30-31(29-18)15-6-7-20(33-2)16(26)11-15)12-17(13)27-25(37)28-24(32)14-9-21(34-3)23(36-5)22(10-14)35-4/h6-12H,1-5H3,(H2,27,28,32,37). The molecule has 0 atom stereocenters. The van der Waals surface area contributed by atoms with Gasteiger partial charge in [-0.1, -0.05) is 11.6 Å². The lowest BCUT2D eigenvalue weighted by molar-refractivity contribution is 0.0977. The Morgan fingerprint density at radius 2 is 1.51 bits per heavy atom. The number of aryl methyl sites for hydroxylation is 1. The minimum Gasteiger partial charge on any atom is -0.495 e. The Bertz CT molecular complexity index is 1480. The number of nitrogens with one attached hydrogen (secondary N) is 2. The van der Waals surface area contributed by atoms with Gasteiger partial charge in [0, 0.05) is 11.3 Å². The fraction of sp³-hybridized carbons (Fsp3) is 0.200. The highest BCUT2D eigenvalue weighted by atomic mass is 35.5. The van der Waals surface area contributed by atoms with Gasteiger partial charge in [-0.25, -0.2) is 0 Å². The van der Waals surface area contributed by atoms with Crippen LogP contribution in [0, 0.1) is 6.92 Å². The summed E-state index contributed by atoms with van der Waals surface area (Å²) in [6.45, 7) is 1.90. The molecule has 4 aromatic rings. The number of hydrogen-bond donors (Lipinski definition) is 2. The van der Waals surface area contributed by atoms with Crippen molar-refractivity contribution >= 4 is 51.6 Å². The van der Waals surface area contributed by atoms with E-state index in [4.69, 9.17) is 42.8 Å². The fourth-order valence-corrected chi connectivity index (χ4v) is 4.09. The van der Waals surface area contributed by atoms with Gasteiger partial charge < -0.3 is 24.3 Å². The molecule has 0 radical (unpaired) electrons. The first kappa shape index (κ1) is 26.0. The first-order valence-electron chi connectivity index (χ1n) is 10.9. The van der Waals surface area contributed by atoms with Crippen LogP contribution < -0.4 is 29.6 Å². The van der Waals surface area contributed by atoms with Crippen molar-refractivity contribution in [1.82, 2.24) is 20.3 Å². The predicted octanol–water partition coefficient (Wildman–Crippen LogP) is 4.54. The third-order valence-corrected chi connectivity index (χ3v) is 5.99. The minimum absolute atomic E-state index is 0.107. The third kappa shape index (κ3) is 5.37. The van der Waals surface area contributed by atoms with Gasteiger partial charge in [0.05, 0.1) is 39.1 Å². The summed E-state index contributed by atoms with van der Waals surface area (Å²) in [4.78, 5) is 14.4. The van der Waals surface area contributed by atoms with E-state index in [9.17, 15) is 4.79 Å².